The van der Waals surface area contributed by atoms with Gasteiger partial charge >= 0.3 is 0 Å². The first kappa shape index (κ1) is 13.8. The maximum Gasteiger partial charge on any atom is 0.137 e. The molecule has 0 aromatic heterocycles. The first-order chi connectivity index (χ1) is 9.69. The normalized spacial score (nSPS) is 18.2. The maximum atomic E-state index is 13.3. The molecule has 2 unspecified atom stereocenters. The van der Waals surface area contributed by atoms with Gasteiger partial charge in [0.1, 0.15) is 5.82 Å². The van der Waals surface area contributed by atoms with Crippen LogP contribution < -0.4 is 5.32 Å². The molecule has 2 aromatic rings. The lowest BCUT2D eigenvalue weighted by Crippen LogP contribution is -2.39. The topological polar surface area (TPSA) is 12.0 Å². The second-order valence-corrected chi connectivity index (χ2v) is 6.21. The molecule has 20 heavy (non-hydrogen) atoms. The largest absolute Gasteiger partial charge is 0.316 e. The molecule has 0 spiro atoms. The highest BCUT2D eigenvalue weighted by Crippen LogP contribution is 2.38. The second-order valence-electron chi connectivity index (χ2n) is 5.36. The molecule has 0 heterocycles. The summed E-state index contributed by atoms with van der Waals surface area (Å²) in [7, 11) is 2.00. The molecule has 0 amide bonds. The van der Waals surface area contributed by atoms with Crippen LogP contribution in [0.4, 0.5) is 4.39 Å². The second kappa shape index (κ2) is 5.66. The number of halogens is 2. The van der Waals surface area contributed by atoms with Gasteiger partial charge in [-0.1, -0.05) is 30.3 Å². The fraction of sp³-hybridized carbons (Fsp3) is 0.294. The van der Waals surface area contributed by atoms with Gasteiger partial charge < -0.3 is 5.32 Å². The van der Waals surface area contributed by atoms with Crippen LogP contribution in [0.2, 0.25) is 0 Å². The van der Waals surface area contributed by atoms with E-state index in [0.29, 0.717) is 16.4 Å². The predicted molar refractivity (Wildman–Crippen MR) is 83.5 cm³/mol. The zero-order valence-electron chi connectivity index (χ0n) is 11.4. The van der Waals surface area contributed by atoms with Gasteiger partial charge in [0.25, 0.3) is 0 Å². The fourth-order valence-electron chi connectivity index (χ4n) is 3.02. The molecule has 104 valence electrons. The SMILES string of the molecule is CNC(Cc1ccc(F)c(Br)c1)C1Cc2ccccc21. The maximum absolute atomic E-state index is 13.3. The minimum absolute atomic E-state index is 0.205. The van der Waals surface area contributed by atoms with Crippen molar-refractivity contribution in [2.75, 3.05) is 7.05 Å². The molecule has 2 atom stereocenters. The van der Waals surface area contributed by atoms with E-state index in [1.54, 1.807) is 0 Å². The Hall–Kier alpha value is -1.19. The number of rotatable bonds is 4. The van der Waals surface area contributed by atoms with Crippen molar-refractivity contribution >= 4 is 15.9 Å². The van der Waals surface area contributed by atoms with Gasteiger partial charge in [-0.25, -0.2) is 4.39 Å². The Balaban J connectivity index is 1.77. The van der Waals surface area contributed by atoms with Gasteiger partial charge in [0.05, 0.1) is 4.47 Å². The molecule has 0 radical (unpaired) electrons. The summed E-state index contributed by atoms with van der Waals surface area (Å²) in [5.74, 6) is 0.351. The molecular formula is C17H17BrFN. The third kappa shape index (κ3) is 2.52. The number of hydrogen-bond donors (Lipinski definition) is 1. The fourth-order valence-corrected chi connectivity index (χ4v) is 3.45. The summed E-state index contributed by atoms with van der Waals surface area (Å²) in [6, 6.07) is 14.3. The molecule has 2 aromatic carbocycles. The van der Waals surface area contributed by atoms with Crippen LogP contribution in [0.1, 0.15) is 22.6 Å². The zero-order valence-corrected chi connectivity index (χ0v) is 13.0. The molecule has 1 aliphatic carbocycles. The Kier molecular flexibility index (Phi) is 3.90. The summed E-state index contributed by atoms with van der Waals surface area (Å²) < 4.78 is 13.8. The van der Waals surface area contributed by atoms with E-state index in [-0.39, 0.29) is 5.82 Å². The number of fused-ring (bicyclic) bond motifs is 1. The summed E-state index contributed by atoms with van der Waals surface area (Å²) >= 11 is 3.26. The van der Waals surface area contributed by atoms with Crippen molar-refractivity contribution in [3.63, 3.8) is 0 Å². The summed E-state index contributed by atoms with van der Waals surface area (Å²) in [6.45, 7) is 0. The summed E-state index contributed by atoms with van der Waals surface area (Å²) in [4.78, 5) is 0. The summed E-state index contributed by atoms with van der Waals surface area (Å²) in [6.07, 6.45) is 2.04. The molecule has 0 saturated heterocycles. The molecule has 1 nitrogen and oxygen atoms in total. The van der Waals surface area contributed by atoms with Crippen LogP contribution in [0.15, 0.2) is 46.9 Å². The van der Waals surface area contributed by atoms with Gasteiger partial charge in [-0.2, -0.15) is 0 Å². The predicted octanol–water partition coefficient (Wildman–Crippen LogP) is 4.06. The van der Waals surface area contributed by atoms with Gasteiger partial charge in [0.15, 0.2) is 0 Å². The van der Waals surface area contributed by atoms with Crippen molar-refractivity contribution in [1.82, 2.24) is 5.32 Å². The summed E-state index contributed by atoms with van der Waals surface area (Å²) in [5.41, 5.74) is 4.06. The van der Waals surface area contributed by atoms with Crippen molar-refractivity contribution in [2.24, 2.45) is 0 Å². The lowest BCUT2D eigenvalue weighted by Gasteiger charge is -2.36. The molecule has 0 aliphatic heterocycles. The third-order valence-electron chi connectivity index (χ3n) is 4.19. The van der Waals surface area contributed by atoms with E-state index < -0.39 is 0 Å². The van der Waals surface area contributed by atoms with Crippen LogP contribution >= 0.6 is 15.9 Å². The van der Waals surface area contributed by atoms with E-state index in [1.165, 1.54) is 17.2 Å². The molecule has 1 aliphatic rings. The molecule has 3 rings (SSSR count). The molecule has 1 N–H and O–H groups in total. The molecule has 0 bridgehead atoms. The molecule has 3 heteroatoms. The van der Waals surface area contributed by atoms with Gasteiger partial charge in [-0.3, -0.25) is 0 Å². The van der Waals surface area contributed by atoms with E-state index in [1.807, 2.05) is 19.2 Å². The van der Waals surface area contributed by atoms with Crippen molar-refractivity contribution < 1.29 is 4.39 Å². The minimum atomic E-state index is -0.205. The number of likely N-dealkylation sites (N-methyl/N-ethyl adjacent to an activating group) is 1. The van der Waals surface area contributed by atoms with Crippen LogP contribution in [-0.4, -0.2) is 13.1 Å². The highest BCUT2D eigenvalue weighted by atomic mass is 79.9. The van der Waals surface area contributed by atoms with E-state index >= 15 is 0 Å². The zero-order chi connectivity index (χ0) is 14.1. The van der Waals surface area contributed by atoms with E-state index in [9.17, 15) is 4.39 Å². The van der Waals surface area contributed by atoms with Crippen molar-refractivity contribution in [3.8, 4) is 0 Å². The molecule has 0 fully saturated rings. The van der Waals surface area contributed by atoms with Crippen LogP contribution in [0.25, 0.3) is 0 Å². The van der Waals surface area contributed by atoms with E-state index in [4.69, 9.17) is 0 Å². The quantitative estimate of drug-likeness (QED) is 0.889. The number of benzene rings is 2. The van der Waals surface area contributed by atoms with Gasteiger partial charge in [0, 0.05) is 12.0 Å². The Morgan fingerprint density at radius 2 is 2.10 bits per heavy atom. The highest BCUT2D eigenvalue weighted by Gasteiger charge is 2.31. The summed E-state index contributed by atoms with van der Waals surface area (Å²) in [5, 5.41) is 3.42. The van der Waals surface area contributed by atoms with Crippen molar-refractivity contribution in [1.29, 1.82) is 0 Å². The lowest BCUT2D eigenvalue weighted by atomic mass is 9.72. The van der Waals surface area contributed by atoms with Gasteiger partial charge in [-0.05, 0) is 64.6 Å². The first-order valence-electron chi connectivity index (χ1n) is 6.88. The van der Waals surface area contributed by atoms with Gasteiger partial charge in [-0.15, -0.1) is 0 Å². The molecule has 0 saturated carbocycles. The average molecular weight is 334 g/mol. The van der Waals surface area contributed by atoms with E-state index in [0.717, 1.165) is 18.4 Å². The smallest absolute Gasteiger partial charge is 0.137 e. The number of nitrogens with one attached hydrogen (secondary N) is 1. The Morgan fingerprint density at radius 1 is 1.30 bits per heavy atom. The van der Waals surface area contributed by atoms with Crippen molar-refractivity contribution in [2.45, 2.75) is 24.8 Å². The Bertz CT molecular complexity index is 626. The van der Waals surface area contributed by atoms with Gasteiger partial charge in [0.2, 0.25) is 0 Å². The Morgan fingerprint density at radius 3 is 2.80 bits per heavy atom. The van der Waals surface area contributed by atoms with Crippen molar-refractivity contribution in [3.05, 3.63) is 69.4 Å². The number of hydrogen-bond acceptors (Lipinski definition) is 1. The van der Waals surface area contributed by atoms with Crippen LogP contribution in [0.5, 0.6) is 0 Å². The van der Waals surface area contributed by atoms with E-state index in [2.05, 4.69) is 45.5 Å². The van der Waals surface area contributed by atoms with Crippen LogP contribution in [0, 0.1) is 5.82 Å². The monoisotopic (exact) mass is 333 g/mol. The van der Waals surface area contributed by atoms with Crippen LogP contribution in [0.3, 0.4) is 0 Å². The third-order valence-corrected chi connectivity index (χ3v) is 4.80. The minimum Gasteiger partial charge on any atom is -0.316 e. The van der Waals surface area contributed by atoms with Crippen LogP contribution in [-0.2, 0) is 12.8 Å². The average Bonchev–Trinajstić information content (AvgIpc) is 2.43. The lowest BCUT2D eigenvalue weighted by molar-refractivity contribution is 0.422. The Labute approximate surface area is 127 Å². The molecular weight excluding hydrogens is 317 g/mol. The highest BCUT2D eigenvalue weighted by molar-refractivity contribution is 9.10. The first-order valence-corrected chi connectivity index (χ1v) is 7.67. The standard InChI is InChI=1S/C17H17BrFN/c1-20-17(9-11-6-7-16(19)15(18)8-11)14-10-12-4-2-3-5-13(12)14/h2-8,14,17,20H,9-10H2,1H3.